The Morgan fingerprint density at radius 1 is 1.20 bits per heavy atom. The van der Waals surface area contributed by atoms with Crippen molar-refractivity contribution in [3.05, 3.63) is 0 Å². The van der Waals surface area contributed by atoms with Crippen LogP contribution in [-0.4, -0.2) is 18.4 Å². The zero-order valence-electron chi connectivity index (χ0n) is 9.80. The summed E-state index contributed by atoms with van der Waals surface area (Å²) < 4.78 is 0. The van der Waals surface area contributed by atoms with E-state index in [2.05, 4.69) is 12.2 Å². The molecule has 2 heteroatoms. The van der Waals surface area contributed by atoms with Crippen LogP contribution in [0, 0.1) is 11.8 Å². The molecule has 86 valence electrons. The van der Waals surface area contributed by atoms with Gasteiger partial charge in [0.25, 0.3) is 0 Å². The number of rotatable bonds is 3. The summed E-state index contributed by atoms with van der Waals surface area (Å²) in [6, 6.07) is 0.202. The van der Waals surface area contributed by atoms with Crippen LogP contribution in [0.5, 0.6) is 0 Å². The molecule has 1 aliphatic heterocycles. The first kappa shape index (κ1) is 11.1. The van der Waals surface area contributed by atoms with Gasteiger partial charge in [-0.2, -0.15) is 0 Å². The number of carbonyl (C=O) groups excluding carboxylic acids is 1. The summed E-state index contributed by atoms with van der Waals surface area (Å²) in [5.41, 5.74) is 0. The summed E-state index contributed by atoms with van der Waals surface area (Å²) in [6.45, 7) is 3.31. The molecule has 1 N–H and O–H groups in total. The third-order valence-corrected chi connectivity index (χ3v) is 4.23. The molecule has 0 aromatic carbocycles. The van der Waals surface area contributed by atoms with E-state index in [0.717, 1.165) is 31.7 Å². The Bertz CT molecular complexity index is 213. The van der Waals surface area contributed by atoms with E-state index in [4.69, 9.17) is 0 Å². The van der Waals surface area contributed by atoms with Gasteiger partial charge >= 0.3 is 0 Å². The largest absolute Gasteiger partial charge is 0.307 e. The monoisotopic (exact) mass is 209 g/mol. The lowest BCUT2D eigenvalue weighted by molar-refractivity contribution is -0.125. The van der Waals surface area contributed by atoms with E-state index in [9.17, 15) is 4.79 Å². The highest BCUT2D eigenvalue weighted by atomic mass is 16.1. The molecular formula is C13H23NO. The first-order chi connectivity index (χ1) is 7.31. The lowest BCUT2D eigenvalue weighted by atomic mass is 9.77. The van der Waals surface area contributed by atoms with E-state index in [1.54, 1.807) is 0 Å². The normalized spacial score (nSPS) is 36.7. The molecule has 1 saturated heterocycles. The molecule has 2 aliphatic rings. The fourth-order valence-corrected chi connectivity index (χ4v) is 3.07. The van der Waals surface area contributed by atoms with Crippen molar-refractivity contribution in [1.82, 2.24) is 5.32 Å². The van der Waals surface area contributed by atoms with Gasteiger partial charge < -0.3 is 5.32 Å². The summed E-state index contributed by atoms with van der Waals surface area (Å²) in [6.07, 6.45) is 8.40. The van der Waals surface area contributed by atoms with Gasteiger partial charge in [-0.25, -0.2) is 0 Å². The van der Waals surface area contributed by atoms with E-state index in [-0.39, 0.29) is 6.04 Å². The van der Waals surface area contributed by atoms with E-state index >= 15 is 0 Å². The Balaban J connectivity index is 1.81. The van der Waals surface area contributed by atoms with Crippen LogP contribution in [-0.2, 0) is 4.79 Å². The summed E-state index contributed by atoms with van der Waals surface area (Å²) in [5, 5.41) is 3.33. The first-order valence-corrected chi connectivity index (χ1v) is 6.58. The maximum atomic E-state index is 12.1. The molecular weight excluding hydrogens is 186 g/mol. The lowest BCUT2D eigenvalue weighted by Crippen LogP contribution is -2.37. The molecule has 2 nitrogen and oxygen atoms in total. The smallest absolute Gasteiger partial charge is 0.152 e. The summed E-state index contributed by atoms with van der Waals surface area (Å²) in [4.78, 5) is 12.1. The van der Waals surface area contributed by atoms with Gasteiger partial charge in [0, 0.05) is 5.92 Å². The SMILES string of the molecule is CCC1CCC(C(=O)C2CCCN2)CC1. The Hall–Kier alpha value is -0.370. The highest BCUT2D eigenvalue weighted by Gasteiger charge is 2.31. The molecule has 1 unspecified atom stereocenters. The number of hydrogen-bond donors (Lipinski definition) is 1. The van der Waals surface area contributed by atoms with Crippen molar-refractivity contribution in [1.29, 1.82) is 0 Å². The van der Waals surface area contributed by atoms with Crippen LogP contribution in [0.15, 0.2) is 0 Å². The topological polar surface area (TPSA) is 29.1 Å². The van der Waals surface area contributed by atoms with Crippen LogP contribution in [0.1, 0.15) is 51.9 Å². The summed E-state index contributed by atoms with van der Waals surface area (Å²) in [7, 11) is 0. The summed E-state index contributed by atoms with van der Waals surface area (Å²) >= 11 is 0. The zero-order chi connectivity index (χ0) is 10.7. The Kier molecular flexibility index (Phi) is 3.79. The highest BCUT2D eigenvalue weighted by Crippen LogP contribution is 2.32. The second kappa shape index (κ2) is 5.11. The van der Waals surface area contributed by atoms with Crippen LogP contribution in [0.2, 0.25) is 0 Å². The number of nitrogens with one attached hydrogen (secondary N) is 1. The molecule has 1 saturated carbocycles. The minimum atomic E-state index is 0.202. The molecule has 1 atom stereocenters. The zero-order valence-corrected chi connectivity index (χ0v) is 9.80. The van der Waals surface area contributed by atoms with Gasteiger partial charge in [0.2, 0.25) is 0 Å². The maximum Gasteiger partial charge on any atom is 0.152 e. The quantitative estimate of drug-likeness (QED) is 0.774. The Morgan fingerprint density at radius 2 is 1.93 bits per heavy atom. The number of carbonyl (C=O) groups is 1. The average Bonchev–Trinajstić information content (AvgIpc) is 2.82. The second-order valence-electron chi connectivity index (χ2n) is 5.18. The van der Waals surface area contributed by atoms with Gasteiger partial charge in [-0.15, -0.1) is 0 Å². The van der Waals surface area contributed by atoms with E-state index < -0.39 is 0 Å². The van der Waals surface area contributed by atoms with Gasteiger partial charge in [-0.3, -0.25) is 4.79 Å². The average molecular weight is 209 g/mol. The molecule has 0 aromatic rings. The molecule has 2 fully saturated rings. The van der Waals surface area contributed by atoms with Crippen LogP contribution in [0.4, 0.5) is 0 Å². The summed E-state index contributed by atoms with van der Waals surface area (Å²) in [5.74, 6) is 1.79. The molecule has 1 heterocycles. The number of Topliss-reactive ketones (excluding diaryl/α,β-unsaturated/α-hetero) is 1. The fraction of sp³-hybridized carbons (Fsp3) is 0.923. The van der Waals surface area contributed by atoms with Crippen molar-refractivity contribution < 1.29 is 4.79 Å². The van der Waals surface area contributed by atoms with Crippen LogP contribution in [0.25, 0.3) is 0 Å². The van der Waals surface area contributed by atoms with Crippen molar-refractivity contribution in [3.8, 4) is 0 Å². The molecule has 15 heavy (non-hydrogen) atoms. The van der Waals surface area contributed by atoms with Gasteiger partial charge in [0.1, 0.15) is 0 Å². The molecule has 0 amide bonds. The minimum absolute atomic E-state index is 0.202. The molecule has 0 spiro atoms. The van der Waals surface area contributed by atoms with Gasteiger partial charge in [-0.1, -0.05) is 13.3 Å². The van der Waals surface area contributed by atoms with Crippen molar-refractivity contribution in [2.45, 2.75) is 57.9 Å². The standard InChI is InChI=1S/C13H23NO/c1-2-10-5-7-11(8-6-10)13(15)12-4-3-9-14-12/h10-12,14H,2-9H2,1H3. The van der Waals surface area contributed by atoms with E-state index in [0.29, 0.717) is 11.7 Å². The van der Waals surface area contributed by atoms with E-state index in [1.807, 2.05) is 0 Å². The fourth-order valence-electron chi connectivity index (χ4n) is 3.07. The van der Waals surface area contributed by atoms with Crippen molar-refractivity contribution in [2.75, 3.05) is 6.54 Å². The third-order valence-electron chi connectivity index (χ3n) is 4.23. The second-order valence-corrected chi connectivity index (χ2v) is 5.18. The predicted molar refractivity (Wildman–Crippen MR) is 61.8 cm³/mol. The van der Waals surface area contributed by atoms with Gasteiger partial charge in [0.15, 0.2) is 5.78 Å². The molecule has 2 rings (SSSR count). The highest BCUT2D eigenvalue weighted by molar-refractivity contribution is 5.86. The number of hydrogen-bond acceptors (Lipinski definition) is 2. The molecule has 0 radical (unpaired) electrons. The Morgan fingerprint density at radius 3 is 2.47 bits per heavy atom. The van der Waals surface area contributed by atoms with Crippen LogP contribution >= 0.6 is 0 Å². The lowest BCUT2D eigenvalue weighted by Gasteiger charge is -2.28. The van der Waals surface area contributed by atoms with Crippen molar-refractivity contribution in [3.63, 3.8) is 0 Å². The van der Waals surface area contributed by atoms with Crippen molar-refractivity contribution >= 4 is 5.78 Å². The number of ketones is 1. The molecule has 0 bridgehead atoms. The van der Waals surface area contributed by atoms with Crippen LogP contribution < -0.4 is 5.32 Å². The van der Waals surface area contributed by atoms with Gasteiger partial charge in [-0.05, 0) is 51.0 Å². The molecule has 1 aliphatic carbocycles. The van der Waals surface area contributed by atoms with Crippen LogP contribution in [0.3, 0.4) is 0 Å². The maximum absolute atomic E-state index is 12.1. The first-order valence-electron chi connectivity index (χ1n) is 6.58. The minimum Gasteiger partial charge on any atom is -0.307 e. The third kappa shape index (κ3) is 2.60. The van der Waals surface area contributed by atoms with Gasteiger partial charge in [0.05, 0.1) is 6.04 Å². The van der Waals surface area contributed by atoms with Crippen molar-refractivity contribution in [2.24, 2.45) is 11.8 Å². The predicted octanol–water partition coefficient (Wildman–Crippen LogP) is 2.52. The Labute approximate surface area is 92.8 Å². The molecule has 0 aromatic heterocycles. The van der Waals surface area contributed by atoms with E-state index in [1.165, 1.54) is 25.7 Å².